The molecule has 0 saturated carbocycles. The van der Waals surface area contributed by atoms with Gasteiger partial charge in [-0.1, -0.05) is 6.92 Å². The Morgan fingerprint density at radius 3 is 3.13 bits per heavy atom. The molecule has 0 amide bonds. The van der Waals surface area contributed by atoms with Crippen molar-refractivity contribution in [3.63, 3.8) is 0 Å². The molecule has 1 aromatic heterocycles. The molecule has 0 aromatic carbocycles. The Hall–Kier alpha value is -1.45. The maximum Gasteiger partial charge on any atom is 0.307 e. The van der Waals surface area contributed by atoms with Gasteiger partial charge in [-0.05, 0) is 24.0 Å². The van der Waals surface area contributed by atoms with Crippen LogP contribution in [0.4, 0.5) is 5.82 Å². The molecule has 2 heterocycles. The van der Waals surface area contributed by atoms with Gasteiger partial charge in [-0.3, -0.25) is 4.79 Å². The predicted molar refractivity (Wildman–Crippen MR) is 58.3 cm³/mol. The standard InChI is InChI=1S/C11H16N2O2/c1-2-9-8(6-10(14)15)7-13-5-3-4-12-11(9)13/h7,12H,2-6H2,1H3,(H,14,15). The summed E-state index contributed by atoms with van der Waals surface area (Å²) in [4.78, 5) is 10.7. The van der Waals surface area contributed by atoms with E-state index in [-0.39, 0.29) is 6.42 Å². The molecule has 0 spiro atoms. The van der Waals surface area contributed by atoms with Crippen molar-refractivity contribution in [1.82, 2.24) is 4.57 Å². The summed E-state index contributed by atoms with van der Waals surface area (Å²) in [6, 6.07) is 0. The SMILES string of the molecule is CCc1c(CC(=O)O)cn2c1NCCC2. The van der Waals surface area contributed by atoms with Gasteiger partial charge in [0.15, 0.2) is 0 Å². The molecule has 0 atom stereocenters. The van der Waals surface area contributed by atoms with Crippen LogP contribution in [0.3, 0.4) is 0 Å². The molecule has 0 saturated heterocycles. The summed E-state index contributed by atoms with van der Waals surface area (Å²) in [6.45, 7) is 4.05. The maximum atomic E-state index is 10.7. The van der Waals surface area contributed by atoms with E-state index in [9.17, 15) is 4.79 Å². The van der Waals surface area contributed by atoms with Crippen molar-refractivity contribution < 1.29 is 9.90 Å². The summed E-state index contributed by atoms with van der Waals surface area (Å²) < 4.78 is 2.14. The van der Waals surface area contributed by atoms with Crippen LogP contribution in [0, 0.1) is 0 Å². The first-order chi connectivity index (χ1) is 7.22. The van der Waals surface area contributed by atoms with E-state index in [0.29, 0.717) is 0 Å². The number of rotatable bonds is 3. The number of anilines is 1. The zero-order chi connectivity index (χ0) is 10.8. The third kappa shape index (κ3) is 1.84. The van der Waals surface area contributed by atoms with Gasteiger partial charge in [-0.2, -0.15) is 0 Å². The topological polar surface area (TPSA) is 54.3 Å². The average molecular weight is 208 g/mol. The second-order valence-electron chi connectivity index (χ2n) is 3.88. The zero-order valence-corrected chi connectivity index (χ0v) is 8.92. The van der Waals surface area contributed by atoms with Gasteiger partial charge in [0, 0.05) is 19.3 Å². The molecule has 2 rings (SSSR count). The van der Waals surface area contributed by atoms with Crippen molar-refractivity contribution in [3.8, 4) is 0 Å². The van der Waals surface area contributed by atoms with Gasteiger partial charge in [0.2, 0.25) is 0 Å². The molecule has 0 fully saturated rings. The maximum absolute atomic E-state index is 10.7. The van der Waals surface area contributed by atoms with Crippen molar-refractivity contribution in [3.05, 3.63) is 17.3 Å². The summed E-state index contributed by atoms with van der Waals surface area (Å²) in [6.07, 6.45) is 4.11. The summed E-state index contributed by atoms with van der Waals surface area (Å²) >= 11 is 0. The quantitative estimate of drug-likeness (QED) is 0.791. The fraction of sp³-hybridized carbons (Fsp3) is 0.545. The Bertz CT molecular complexity index is 382. The summed E-state index contributed by atoms with van der Waals surface area (Å²) in [5.41, 5.74) is 2.12. The van der Waals surface area contributed by atoms with E-state index >= 15 is 0 Å². The Morgan fingerprint density at radius 2 is 2.47 bits per heavy atom. The molecule has 4 heteroatoms. The number of hydrogen-bond donors (Lipinski definition) is 2. The van der Waals surface area contributed by atoms with Gasteiger partial charge in [-0.25, -0.2) is 0 Å². The highest BCUT2D eigenvalue weighted by molar-refractivity contribution is 5.72. The molecular formula is C11H16N2O2. The second kappa shape index (κ2) is 3.96. The lowest BCUT2D eigenvalue weighted by Gasteiger charge is -2.18. The molecule has 15 heavy (non-hydrogen) atoms. The number of fused-ring (bicyclic) bond motifs is 1. The van der Waals surface area contributed by atoms with Crippen LogP contribution in [0.15, 0.2) is 6.20 Å². The third-order valence-corrected chi connectivity index (χ3v) is 2.84. The monoisotopic (exact) mass is 208 g/mol. The van der Waals surface area contributed by atoms with E-state index in [2.05, 4.69) is 16.8 Å². The molecular weight excluding hydrogens is 192 g/mol. The molecule has 1 aliphatic heterocycles. The van der Waals surface area contributed by atoms with Crippen LogP contribution in [0.25, 0.3) is 0 Å². The first-order valence-corrected chi connectivity index (χ1v) is 5.39. The van der Waals surface area contributed by atoms with Gasteiger partial charge in [0.1, 0.15) is 5.82 Å². The zero-order valence-electron chi connectivity index (χ0n) is 8.92. The summed E-state index contributed by atoms with van der Waals surface area (Å²) in [7, 11) is 0. The van der Waals surface area contributed by atoms with Crippen molar-refractivity contribution >= 4 is 11.8 Å². The molecule has 2 N–H and O–H groups in total. The van der Waals surface area contributed by atoms with Gasteiger partial charge < -0.3 is 15.0 Å². The molecule has 1 aromatic rings. The molecule has 0 bridgehead atoms. The lowest BCUT2D eigenvalue weighted by molar-refractivity contribution is -0.136. The summed E-state index contributed by atoms with van der Waals surface area (Å²) in [5, 5.41) is 12.2. The number of carbonyl (C=O) groups is 1. The minimum atomic E-state index is -0.757. The Labute approximate surface area is 88.9 Å². The van der Waals surface area contributed by atoms with Crippen LogP contribution >= 0.6 is 0 Å². The molecule has 82 valence electrons. The molecule has 0 aliphatic carbocycles. The van der Waals surface area contributed by atoms with Crippen molar-refractivity contribution in [1.29, 1.82) is 0 Å². The molecule has 4 nitrogen and oxygen atoms in total. The first-order valence-electron chi connectivity index (χ1n) is 5.39. The van der Waals surface area contributed by atoms with E-state index in [4.69, 9.17) is 5.11 Å². The third-order valence-electron chi connectivity index (χ3n) is 2.84. The minimum absolute atomic E-state index is 0.130. The number of carboxylic acids is 1. The van der Waals surface area contributed by atoms with E-state index in [0.717, 1.165) is 42.9 Å². The number of nitrogens with zero attached hydrogens (tertiary/aromatic N) is 1. The van der Waals surface area contributed by atoms with Crippen LogP contribution in [0.2, 0.25) is 0 Å². The number of aryl methyl sites for hydroxylation is 1. The van der Waals surface area contributed by atoms with Gasteiger partial charge >= 0.3 is 5.97 Å². The lowest BCUT2D eigenvalue weighted by atomic mass is 10.1. The fourth-order valence-electron chi connectivity index (χ4n) is 2.21. The van der Waals surface area contributed by atoms with Crippen molar-refractivity contribution in [2.24, 2.45) is 0 Å². The Balaban J connectivity index is 2.37. The molecule has 0 unspecified atom stereocenters. The highest BCUT2D eigenvalue weighted by atomic mass is 16.4. The van der Waals surface area contributed by atoms with Crippen molar-refractivity contribution in [2.75, 3.05) is 11.9 Å². The van der Waals surface area contributed by atoms with Crippen LogP contribution in [-0.4, -0.2) is 22.2 Å². The van der Waals surface area contributed by atoms with Crippen molar-refractivity contribution in [2.45, 2.75) is 32.7 Å². The van der Waals surface area contributed by atoms with Gasteiger partial charge in [0.05, 0.1) is 6.42 Å². The molecule has 1 aliphatic rings. The van der Waals surface area contributed by atoms with Crippen LogP contribution in [0.5, 0.6) is 0 Å². The second-order valence-corrected chi connectivity index (χ2v) is 3.88. The average Bonchev–Trinajstić information content (AvgIpc) is 2.53. The predicted octanol–water partition coefficient (Wildman–Crippen LogP) is 1.49. The van der Waals surface area contributed by atoms with E-state index in [1.165, 1.54) is 0 Å². The van der Waals surface area contributed by atoms with E-state index in [1.54, 1.807) is 0 Å². The minimum Gasteiger partial charge on any atom is -0.481 e. The number of aliphatic carboxylic acids is 1. The van der Waals surface area contributed by atoms with Crippen LogP contribution in [0.1, 0.15) is 24.5 Å². The van der Waals surface area contributed by atoms with Gasteiger partial charge in [-0.15, -0.1) is 0 Å². The van der Waals surface area contributed by atoms with Crippen LogP contribution < -0.4 is 5.32 Å². The van der Waals surface area contributed by atoms with Crippen LogP contribution in [-0.2, 0) is 24.2 Å². The largest absolute Gasteiger partial charge is 0.481 e. The van der Waals surface area contributed by atoms with E-state index < -0.39 is 5.97 Å². The number of nitrogens with one attached hydrogen (secondary N) is 1. The normalized spacial score (nSPS) is 14.5. The summed E-state index contributed by atoms with van der Waals surface area (Å²) in [5.74, 6) is 0.368. The smallest absolute Gasteiger partial charge is 0.307 e. The highest BCUT2D eigenvalue weighted by Gasteiger charge is 2.18. The fourth-order valence-corrected chi connectivity index (χ4v) is 2.21. The lowest BCUT2D eigenvalue weighted by Crippen LogP contribution is -2.16. The first kappa shape index (κ1) is 10.1. The molecule has 0 radical (unpaired) electrons. The number of hydrogen-bond acceptors (Lipinski definition) is 2. The van der Waals surface area contributed by atoms with E-state index in [1.807, 2.05) is 6.20 Å². The van der Waals surface area contributed by atoms with Gasteiger partial charge in [0.25, 0.3) is 0 Å². The highest BCUT2D eigenvalue weighted by Crippen LogP contribution is 2.26. The number of carboxylic acid groups (broad SMARTS) is 1. The Kier molecular flexibility index (Phi) is 2.66. The number of aromatic nitrogens is 1. The Morgan fingerprint density at radius 1 is 1.67 bits per heavy atom.